The van der Waals surface area contributed by atoms with Gasteiger partial charge < -0.3 is 4.74 Å². The summed E-state index contributed by atoms with van der Waals surface area (Å²) in [6.45, 7) is 4.69. The summed E-state index contributed by atoms with van der Waals surface area (Å²) in [7, 11) is 0. The Labute approximate surface area is 97.4 Å². The predicted molar refractivity (Wildman–Crippen MR) is 60.5 cm³/mol. The number of thioether (sulfide) groups is 1. The van der Waals surface area contributed by atoms with Crippen LogP contribution in [0.4, 0.5) is 0 Å². The summed E-state index contributed by atoms with van der Waals surface area (Å²) in [5.41, 5.74) is -0.242. The molecule has 1 heterocycles. The smallest absolute Gasteiger partial charge is 0.343 e. The highest BCUT2D eigenvalue weighted by Crippen LogP contribution is 2.13. The normalized spacial score (nSPS) is 10.4. The molecule has 1 aromatic rings. The molecular weight excluding hydrogens is 230 g/mol. The van der Waals surface area contributed by atoms with E-state index < -0.39 is 0 Å². The third-order valence-electron chi connectivity index (χ3n) is 1.79. The van der Waals surface area contributed by atoms with Gasteiger partial charge in [0, 0.05) is 6.54 Å². The van der Waals surface area contributed by atoms with Crippen molar-refractivity contribution in [2.45, 2.75) is 32.0 Å². The molecule has 0 atom stereocenters. The van der Waals surface area contributed by atoms with Crippen molar-refractivity contribution >= 4 is 17.7 Å². The van der Waals surface area contributed by atoms with Gasteiger partial charge in [0.15, 0.2) is 5.16 Å². The number of ether oxygens (including phenoxy) is 1. The molecule has 0 aliphatic heterocycles. The minimum absolute atomic E-state index is 0.168. The summed E-state index contributed by atoms with van der Waals surface area (Å²) in [6, 6.07) is 0. The maximum absolute atomic E-state index is 11.3. The second kappa shape index (κ2) is 6.37. The van der Waals surface area contributed by atoms with Gasteiger partial charge in [-0.05, 0) is 13.3 Å². The first-order chi connectivity index (χ1) is 7.69. The monoisotopic (exact) mass is 245 g/mol. The number of hydrogen-bond donors (Lipinski definition) is 1. The summed E-state index contributed by atoms with van der Waals surface area (Å²) < 4.78 is 6.30. The summed E-state index contributed by atoms with van der Waals surface area (Å²) >= 11 is 1.20. The number of carbonyl (C=O) groups is 1. The standard InChI is InChI=1S/C9H15N3O3S/c1-3-5-12-8(14)10-11-9(12)16-6-7(13)15-4-2/h3-6H2,1-2H3,(H,10,14). The number of H-pyrrole nitrogens is 1. The minimum atomic E-state index is -0.300. The van der Waals surface area contributed by atoms with Crippen molar-refractivity contribution < 1.29 is 9.53 Å². The zero-order valence-electron chi connectivity index (χ0n) is 9.36. The maximum Gasteiger partial charge on any atom is 0.343 e. The number of aromatic amines is 1. The quantitative estimate of drug-likeness (QED) is 0.587. The van der Waals surface area contributed by atoms with E-state index in [0.29, 0.717) is 18.3 Å². The van der Waals surface area contributed by atoms with Crippen LogP contribution in [0, 0.1) is 0 Å². The van der Waals surface area contributed by atoms with Gasteiger partial charge in [-0.3, -0.25) is 9.36 Å². The fourth-order valence-corrected chi connectivity index (χ4v) is 1.93. The Morgan fingerprint density at radius 1 is 1.56 bits per heavy atom. The molecule has 1 N–H and O–H groups in total. The van der Waals surface area contributed by atoms with Gasteiger partial charge in [0.25, 0.3) is 0 Å². The van der Waals surface area contributed by atoms with Crippen LogP contribution in [0.15, 0.2) is 9.95 Å². The SMILES string of the molecule is CCCn1c(SCC(=O)OCC)n[nH]c1=O. The zero-order chi connectivity index (χ0) is 12.0. The largest absolute Gasteiger partial charge is 0.465 e. The molecule has 0 aliphatic carbocycles. The Balaban J connectivity index is 2.60. The number of rotatable bonds is 6. The van der Waals surface area contributed by atoms with E-state index in [0.717, 1.165) is 6.42 Å². The van der Waals surface area contributed by atoms with Crippen LogP contribution in [0.3, 0.4) is 0 Å². The van der Waals surface area contributed by atoms with E-state index in [2.05, 4.69) is 10.2 Å². The summed E-state index contributed by atoms with van der Waals surface area (Å²) in [4.78, 5) is 22.4. The molecule has 1 aromatic heterocycles. The number of carbonyl (C=O) groups excluding carboxylic acids is 1. The van der Waals surface area contributed by atoms with Crippen molar-refractivity contribution in [2.24, 2.45) is 0 Å². The Bertz CT molecular complexity index is 399. The van der Waals surface area contributed by atoms with Gasteiger partial charge >= 0.3 is 11.7 Å². The Hall–Kier alpha value is -1.24. The zero-order valence-corrected chi connectivity index (χ0v) is 10.2. The second-order valence-corrected chi connectivity index (χ2v) is 4.00. The second-order valence-electron chi connectivity index (χ2n) is 3.06. The lowest BCUT2D eigenvalue weighted by atomic mass is 10.5. The number of aromatic nitrogens is 3. The molecule has 0 saturated carbocycles. The van der Waals surface area contributed by atoms with Crippen LogP contribution in [0.2, 0.25) is 0 Å². The van der Waals surface area contributed by atoms with Crippen LogP contribution in [0.25, 0.3) is 0 Å². The number of nitrogens with one attached hydrogen (secondary N) is 1. The van der Waals surface area contributed by atoms with Crippen LogP contribution in [-0.4, -0.2) is 33.1 Å². The fraction of sp³-hybridized carbons (Fsp3) is 0.667. The Morgan fingerprint density at radius 2 is 2.31 bits per heavy atom. The highest BCUT2D eigenvalue weighted by molar-refractivity contribution is 7.99. The predicted octanol–water partition coefficient (Wildman–Crippen LogP) is 0.637. The number of hydrogen-bond acceptors (Lipinski definition) is 5. The first-order valence-electron chi connectivity index (χ1n) is 5.12. The van der Waals surface area contributed by atoms with E-state index in [9.17, 15) is 9.59 Å². The van der Waals surface area contributed by atoms with E-state index in [1.54, 1.807) is 6.92 Å². The lowest BCUT2D eigenvalue weighted by molar-refractivity contribution is -0.139. The molecule has 0 aromatic carbocycles. The van der Waals surface area contributed by atoms with Crippen LogP contribution in [0.5, 0.6) is 0 Å². The highest BCUT2D eigenvalue weighted by atomic mass is 32.2. The van der Waals surface area contributed by atoms with Crippen LogP contribution >= 0.6 is 11.8 Å². The van der Waals surface area contributed by atoms with Crippen molar-refractivity contribution in [3.8, 4) is 0 Å². The lowest BCUT2D eigenvalue weighted by Crippen LogP contribution is -2.17. The molecule has 0 spiro atoms. The molecule has 0 fully saturated rings. The topological polar surface area (TPSA) is 77.0 Å². The van der Waals surface area contributed by atoms with Crippen molar-refractivity contribution in [3.05, 3.63) is 10.5 Å². The molecule has 0 radical (unpaired) electrons. The molecular formula is C9H15N3O3S. The first kappa shape index (κ1) is 12.8. The van der Waals surface area contributed by atoms with Crippen LogP contribution < -0.4 is 5.69 Å². The fourth-order valence-electron chi connectivity index (χ4n) is 1.16. The molecule has 1 rings (SSSR count). The van der Waals surface area contributed by atoms with E-state index in [1.807, 2.05) is 6.92 Å². The van der Waals surface area contributed by atoms with E-state index in [4.69, 9.17) is 4.74 Å². The van der Waals surface area contributed by atoms with Gasteiger partial charge in [0.05, 0.1) is 12.4 Å². The van der Waals surface area contributed by atoms with Gasteiger partial charge in [-0.25, -0.2) is 9.89 Å². The van der Waals surface area contributed by atoms with Gasteiger partial charge in [0.1, 0.15) is 0 Å². The van der Waals surface area contributed by atoms with Crippen molar-refractivity contribution in [1.82, 2.24) is 14.8 Å². The molecule has 7 heteroatoms. The van der Waals surface area contributed by atoms with Crippen LogP contribution in [0.1, 0.15) is 20.3 Å². The van der Waals surface area contributed by atoms with Gasteiger partial charge in [-0.2, -0.15) is 0 Å². The number of esters is 1. The van der Waals surface area contributed by atoms with Crippen molar-refractivity contribution in [2.75, 3.05) is 12.4 Å². The van der Waals surface area contributed by atoms with E-state index >= 15 is 0 Å². The average Bonchev–Trinajstić information content (AvgIpc) is 2.59. The molecule has 0 saturated heterocycles. The van der Waals surface area contributed by atoms with Crippen LogP contribution in [-0.2, 0) is 16.1 Å². The van der Waals surface area contributed by atoms with E-state index in [1.165, 1.54) is 16.3 Å². The average molecular weight is 245 g/mol. The van der Waals surface area contributed by atoms with Gasteiger partial charge in [-0.15, -0.1) is 5.10 Å². The lowest BCUT2D eigenvalue weighted by Gasteiger charge is -2.03. The Morgan fingerprint density at radius 3 is 2.94 bits per heavy atom. The molecule has 16 heavy (non-hydrogen) atoms. The third kappa shape index (κ3) is 3.41. The highest BCUT2D eigenvalue weighted by Gasteiger charge is 2.10. The minimum Gasteiger partial charge on any atom is -0.465 e. The maximum atomic E-state index is 11.3. The van der Waals surface area contributed by atoms with Gasteiger partial charge in [0.2, 0.25) is 0 Å². The molecule has 0 amide bonds. The third-order valence-corrected chi connectivity index (χ3v) is 2.74. The molecule has 0 unspecified atom stereocenters. The molecule has 0 bridgehead atoms. The summed E-state index contributed by atoms with van der Waals surface area (Å²) in [6.07, 6.45) is 0.840. The van der Waals surface area contributed by atoms with Crippen molar-refractivity contribution in [1.29, 1.82) is 0 Å². The van der Waals surface area contributed by atoms with Crippen molar-refractivity contribution in [3.63, 3.8) is 0 Å². The molecule has 0 aliphatic rings. The van der Waals surface area contributed by atoms with E-state index in [-0.39, 0.29) is 17.4 Å². The molecule has 6 nitrogen and oxygen atoms in total. The van der Waals surface area contributed by atoms with Gasteiger partial charge in [-0.1, -0.05) is 18.7 Å². The molecule has 90 valence electrons. The summed E-state index contributed by atoms with van der Waals surface area (Å²) in [5.74, 6) is -0.132. The Kier molecular flexibility index (Phi) is 5.10. The number of nitrogens with zero attached hydrogens (tertiary/aromatic N) is 2. The summed E-state index contributed by atoms with van der Waals surface area (Å²) in [5, 5.41) is 6.74. The first-order valence-corrected chi connectivity index (χ1v) is 6.11.